The summed E-state index contributed by atoms with van der Waals surface area (Å²) >= 11 is 0. The molecule has 12 heteroatoms. The number of H-pyrrole nitrogens is 1. The number of aromatic nitrogens is 7. The fourth-order valence-electron chi connectivity index (χ4n) is 5.92. The Morgan fingerprint density at radius 2 is 2.00 bits per heavy atom. The molecule has 3 aliphatic heterocycles. The molecule has 1 spiro atoms. The minimum absolute atomic E-state index is 0.0786. The van der Waals surface area contributed by atoms with Crippen LogP contribution in [0.1, 0.15) is 19.8 Å². The zero-order valence-electron chi connectivity index (χ0n) is 21.1. The Hall–Kier alpha value is -3.77. The van der Waals surface area contributed by atoms with Gasteiger partial charge in [-0.15, -0.1) is 0 Å². The lowest BCUT2D eigenvalue weighted by molar-refractivity contribution is 0.0974. The lowest BCUT2D eigenvalue weighted by atomic mass is 9.73. The van der Waals surface area contributed by atoms with Gasteiger partial charge in [-0.25, -0.2) is 15.0 Å². The van der Waals surface area contributed by atoms with Crippen molar-refractivity contribution in [1.82, 2.24) is 34.9 Å². The van der Waals surface area contributed by atoms with Gasteiger partial charge in [0.05, 0.1) is 36.5 Å². The number of nitrogens with zero attached hydrogens (tertiary/aromatic N) is 8. The van der Waals surface area contributed by atoms with E-state index < -0.39 is 0 Å². The van der Waals surface area contributed by atoms with Crippen LogP contribution < -0.4 is 20.9 Å². The van der Waals surface area contributed by atoms with Crippen LogP contribution in [-0.4, -0.2) is 79.9 Å². The van der Waals surface area contributed by atoms with Crippen molar-refractivity contribution < 1.29 is 4.74 Å². The van der Waals surface area contributed by atoms with Crippen LogP contribution in [0.2, 0.25) is 0 Å². The highest BCUT2D eigenvalue weighted by molar-refractivity contribution is 5.90. The van der Waals surface area contributed by atoms with Crippen molar-refractivity contribution in [2.24, 2.45) is 18.2 Å². The Balaban J connectivity index is 1.14. The molecule has 2 atom stereocenters. The van der Waals surface area contributed by atoms with Gasteiger partial charge in [0.1, 0.15) is 5.82 Å². The smallest absolute Gasteiger partial charge is 0.183 e. The molecule has 3 aliphatic rings. The van der Waals surface area contributed by atoms with Gasteiger partial charge in [-0.1, -0.05) is 0 Å². The average Bonchev–Trinajstić information content (AvgIpc) is 3.63. The van der Waals surface area contributed by atoms with Crippen molar-refractivity contribution in [3.05, 3.63) is 30.7 Å². The summed E-state index contributed by atoms with van der Waals surface area (Å²) in [4.78, 5) is 19.0. The summed E-state index contributed by atoms with van der Waals surface area (Å²) in [6.07, 6.45) is 7.76. The molecule has 0 saturated carbocycles. The molecule has 0 amide bonds. The van der Waals surface area contributed by atoms with E-state index in [0.717, 1.165) is 85.5 Å². The van der Waals surface area contributed by atoms with Gasteiger partial charge in [0.2, 0.25) is 0 Å². The first-order valence-corrected chi connectivity index (χ1v) is 12.9. The standard InChI is InChI=1S/C25H31N11O/c1-15-21(26)25(14-37-15)5-8-35(9-6-25)19-12-28-20-23(31-19)32-33-24(20)36-10-7-27-22-18(36)4-3-17(30-22)16-11-29-34(2)13-16/h3-4,11-13,15,21H,5-10,14,26H2,1-2H3,(H,27,30)(H,31,32,33)/t15-,21+/m0/s1. The second kappa shape index (κ2) is 8.38. The second-order valence-electron chi connectivity index (χ2n) is 10.4. The highest BCUT2D eigenvalue weighted by Crippen LogP contribution is 2.42. The number of hydrogen-bond donors (Lipinski definition) is 3. The minimum Gasteiger partial charge on any atom is -0.376 e. The van der Waals surface area contributed by atoms with E-state index in [1.54, 1.807) is 4.68 Å². The second-order valence-corrected chi connectivity index (χ2v) is 10.4. The summed E-state index contributed by atoms with van der Waals surface area (Å²) in [5, 5.41) is 15.4. The quantitative estimate of drug-likeness (QED) is 0.382. The molecule has 7 heterocycles. The van der Waals surface area contributed by atoms with Crippen LogP contribution in [-0.2, 0) is 11.8 Å². The van der Waals surface area contributed by atoms with Crippen molar-refractivity contribution in [2.75, 3.05) is 47.9 Å². The summed E-state index contributed by atoms with van der Waals surface area (Å²) < 4.78 is 7.65. The lowest BCUT2D eigenvalue weighted by Crippen LogP contribution is -2.50. The van der Waals surface area contributed by atoms with E-state index in [1.807, 2.05) is 31.7 Å². The number of aromatic amines is 1. The molecule has 12 nitrogen and oxygen atoms in total. The van der Waals surface area contributed by atoms with E-state index in [-0.39, 0.29) is 17.6 Å². The summed E-state index contributed by atoms with van der Waals surface area (Å²) in [7, 11) is 1.90. The van der Waals surface area contributed by atoms with E-state index in [9.17, 15) is 0 Å². The third-order valence-electron chi connectivity index (χ3n) is 8.22. The Bertz CT molecular complexity index is 1450. The number of aryl methyl sites for hydroxylation is 1. The maximum atomic E-state index is 6.49. The van der Waals surface area contributed by atoms with Crippen molar-refractivity contribution in [3.63, 3.8) is 0 Å². The molecular weight excluding hydrogens is 470 g/mol. The first-order valence-electron chi connectivity index (χ1n) is 12.9. The molecule has 2 saturated heterocycles. The molecule has 0 aliphatic carbocycles. The molecule has 0 bridgehead atoms. The predicted octanol–water partition coefficient (Wildman–Crippen LogP) is 2.04. The van der Waals surface area contributed by atoms with E-state index in [2.05, 4.69) is 43.4 Å². The molecule has 0 aromatic carbocycles. The zero-order valence-corrected chi connectivity index (χ0v) is 21.1. The van der Waals surface area contributed by atoms with Gasteiger partial charge in [0, 0.05) is 56.4 Å². The Labute approximate surface area is 214 Å². The maximum Gasteiger partial charge on any atom is 0.183 e. The molecule has 4 aromatic heterocycles. The normalized spacial score (nSPS) is 23.0. The third kappa shape index (κ3) is 3.62. The molecule has 0 unspecified atom stereocenters. The van der Waals surface area contributed by atoms with Gasteiger partial charge >= 0.3 is 0 Å². The van der Waals surface area contributed by atoms with E-state index in [4.69, 9.17) is 25.4 Å². The molecule has 4 N–H and O–H groups in total. The number of fused-ring (bicyclic) bond motifs is 2. The highest BCUT2D eigenvalue weighted by Gasteiger charge is 2.47. The average molecular weight is 502 g/mol. The number of rotatable bonds is 3. The molecule has 2 fully saturated rings. The Kier molecular flexibility index (Phi) is 5.08. The summed E-state index contributed by atoms with van der Waals surface area (Å²) in [5.74, 6) is 2.44. The number of nitrogens with one attached hydrogen (secondary N) is 2. The Morgan fingerprint density at radius 3 is 2.76 bits per heavy atom. The SMILES string of the molecule is C[C@@H]1OCC2(CCN(c3cnc4c(N5CCNc6nc(-c7cnn(C)c7)ccc65)n[nH]c4n3)CC2)[C@@H]1N. The van der Waals surface area contributed by atoms with Crippen LogP contribution in [0.3, 0.4) is 0 Å². The van der Waals surface area contributed by atoms with Crippen molar-refractivity contribution in [3.8, 4) is 11.3 Å². The molecule has 4 aromatic rings. The van der Waals surface area contributed by atoms with Gasteiger partial charge < -0.3 is 25.6 Å². The molecule has 0 radical (unpaired) electrons. The molecular formula is C25H31N11O. The number of piperidine rings is 1. The first kappa shape index (κ1) is 22.4. The summed E-state index contributed by atoms with van der Waals surface area (Å²) in [5.41, 5.74) is 10.8. The van der Waals surface area contributed by atoms with Gasteiger partial charge in [-0.3, -0.25) is 9.78 Å². The van der Waals surface area contributed by atoms with E-state index in [0.29, 0.717) is 5.65 Å². The van der Waals surface area contributed by atoms with E-state index in [1.165, 1.54) is 0 Å². The van der Waals surface area contributed by atoms with Crippen LogP contribution in [0.25, 0.3) is 22.4 Å². The van der Waals surface area contributed by atoms with Crippen LogP contribution in [0, 0.1) is 5.41 Å². The van der Waals surface area contributed by atoms with Crippen LogP contribution in [0.5, 0.6) is 0 Å². The van der Waals surface area contributed by atoms with Crippen LogP contribution >= 0.6 is 0 Å². The van der Waals surface area contributed by atoms with Gasteiger partial charge in [-0.2, -0.15) is 10.2 Å². The van der Waals surface area contributed by atoms with E-state index >= 15 is 0 Å². The number of nitrogens with two attached hydrogens (primary N) is 1. The van der Waals surface area contributed by atoms with Crippen LogP contribution in [0.15, 0.2) is 30.7 Å². The largest absolute Gasteiger partial charge is 0.376 e. The Morgan fingerprint density at radius 1 is 1.14 bits per heavy atom. The molecule has 37 heavy (non-hydrogen) atoms. The zero-order chi connectivity index (χ0) is 25.1. The molecule has 192 valence electrons. The highest BCUT2D eigenvalue weighted by atomic mass is 16.5. The third-order valence-corrected chi connectivity index (χ3v) is 8.22. The van der Waals surface area contributed by atoms with Crippen molar-refractivity contribution in [2.45, 2.75) is 31.9 Å². The topological polar surface area (TPSA) is 139 Å². The fourth-order valence-corrected chi connectivity index (χ4v) is 5.92. The van der Waals surface area contributed by atoms with Crippen molar-refractivity contribution >= 4 is 34.3 Å². The van der Waals surface area contributed by atoms with Gasteiger partial charge in [-0.05, 0) is 31.9 Å². The molecule has 7 rings (SSSR count). The number of pyridine rings is 1. The number of hydrogen-bond acceptors (Lipinski definition) is 10. The summed E-state index contributed by atoms with van der Waals surface area (Å²) in [6.45, 7) is 6.11. The predicted molar refractivity (Wildman–Crippen MR) is 141 cm³/mol. The van der Waals surface area contributed by atoms with Crippen LogP contribution in [0.4, 0.5) is 23.1 Å². The number of ether oxygens (including phenoxy) is 1. The maximum absolute atomic E-state index is 6.49. The van der Waals surface area contributed by atoms with Gasteiger partial charge in [0.15, 0.2) is 22.8 Å². The minimum atomic E-state index is 0.0786. The fraction of sp³-hybridized carbons (Fsp3) is 0.480. The monoisotopic (exact) mass is 501 g/mol. The lowest BCUT2D eigenvalue weighted by Gasteiger charge is -2.41. The number of anilines is 4. The summed E-state index contributed by atoms with van der Waals surface area (Å²) in [6, 6.07) is 4.18. The van der Waals surface area contributed by atoms with Gasteiger partial charge in [0.25, 0.3) is 0 Å². The van der Waals surface area contributed by atoms with Crippen molar-refractivity contribution in [1.29, 1.82) is 0 Å². The first-order chi connectivity index (χ1) is 18.0.